The van der Waals surface area contributed by atoms with Crippen LogP contribution < -0.4 is 0 Å². The minimum absolute atomic E-state index is 0.0970. The van der Waals surface area contributed by atoms with Gasteiger partial charge in [0, 0.05) is 13.0 Å². The lowest BCUT2D eigenvalue weighted by Gasteiger charge is -2.47. The first-order valence-corrected chi connectivity index (χ1v) is 18.0. The summed E-state index contributed by atoms with van der Waals surface area (Å²) in [6, 6.07) is 7.77. The molecule has 15 atom stereocenters. The van der Waals surface area contributed by atoms with Crippen LogP contribution >= 0.6 is 0 Å². The number of carbonyl (C=O) groups excluding carboxylic acids is 2. The van der Waals surface area contributed by atoms with Gasteiger partial charge in [-0.15, -0.1) is 0 Å². The third-order valence-corrected chi connectivity index (χ3v) is 9.61. The molecule has 5 rings (SSSR count). The van der Waals surface area contributed by atoms with Gasteiger partial charge in [0.25, 0.3) is 0 Å². The van der Waals surface area contributed by atoms with Crippen LogP contribution in [0.5, 0.6) is 23.0 Å². The van der Waals surface area contributed by atoms with Gasteiger partial charge in [-0.3, -0.25) is 4.79 Å². The molecule has 2 aromatic rings. The van der Waals surface area contributed by atoms with E-state index in [1.54, 1.807) is 0 Å². The number of hydrogen-bond acceptors (Lipinski definition) is 20. The average molecular weight is 813 g/mol. The van der Waals surface area contributed by atoms with Crippen molar-refractivity contribution in [3.05, 3.63) is 53.6 Å². The molecular formula is C37H48O20. The highest BCUT2D eigenvalue weighted by molar-refractivity contribution is 5.87. The largest absolute Gasteiger partial charge is 0.504 e. The molecule has 0 radical (unpaired) electrons. The number of phenols is 4. The van der Waals surface area contributed by atoms with E-state index in [1.165, 1.54) is 50.3 Å². The lowest BCUT2D eigenvalue weighted by Crippen LogP contribution is -2.66. The highest BCUT2D eigenvalue weighted by atomic mass is 16.8. The summed E-state index contributed by atoms with van der Waals surface area (Å²) in [5.41, 5.74) is 0.763. The first kappa shape index (κ1) is 44.0. The monoisotopic (exact) mass is 812 g/mol. The number of aromatic hydroxyl groups is 4. The number of ether oxygens (including phenoxy) is 8. The second-order valence-corrected chi connectivity index (χ2v) is 13.8. The van der Waals surface area contributed by atoms with Gasteiger partial charge in [-0.25, -0.2) is 4.79 Å². The lowest BCUT2D eigenvalue weighted by atomic mass is 9.96. The summed E-state index contributed by atoms with van der Waals surface area (Å²) < 4.78 is 46.9. The molecule has 0 aromatic heterocycles. The molecule has 3 aliphatic rings. The summed E-state index contributed by atoms with van der Waals surface area (Å²) in [5, 5.41) is 102. The van der Waals surface area contributed by atoms with Crippen molar-refractivity contribution in [3.8, 4) is 23.0 Å². The predicted octanol–water partition coefficient (Wildman–Crippen LogP) is -1.59. The van der Waals surface area contributed by atoms with Crippen molar-refractivity contribution >= 4 is 18.0 Å². The lowest BCUT2D eigenvalue weighted by molar-refractivity contribution is -0.386. The van der Waals surface area contributed by atoms with E-state index in [-0.39, 0.29) is 24.3 Å². The molecule has 0 unspecified atom stereocenters. The van der Waals surface area contributed by atoms with Crippen LogP contribution in [0.1, 0.15) is 31.9 Å². The Morgan fingerprint density at radius 2 is 1.25 bits per heavy atom. The Kier molecular flexibility index (Phi) is 14.7. The number of esters is 2. The molecule has 0 bridgehead atoms. The van der Waals surface area contributed by atoms with E-state index in [0.717, 1.165) is 19.1 Å². The average Bonchev–Trinajstić information content (AvgIpc) is 3.16. The number of rotatable bonds is 13. The zero-order valence-corrected chi connectivity index (χ0v) is 31.0. The van der Waals surface area contributed by atoms with Gasteiger partial charge in [0.2, 0.25) is 12.6 Å². The Morgan fingerprint density at radius 1 is 0.649 bits per heavy atom. The van der Waals surface area contributed by atoms with Gasteiger partial charge in [-0.2, -0.15) is 0 Å². The predicted molar refractivity (Wildman–Crippen MR) is 188 cm³/mol. The molecule has 0 amide bonds. The smallest absolute Gasteiger partial charge is 0.331 e. The Labute approximate surface area is 325 Å². The van der Waals surface area contributed by atoms with Crippen molar-refractivity contribution in [3.63, 3.8) is 0 Å². The third-order valence-electron chi connectivity index (χ3n) is 9.61. The SMILES string of the molecule is CC(=O)O[C@H]1[C@@H](OCCc2ccc(O)c(O)c2)O[C@H](OC[C@@H]2O[C@H](C)[C@@H](O)[C@H](O)[C@H]2O)[C@@H](OC(=O)/C=C/c2ccc(O)c(O)c2)[C@H]1O[C@@H]1O[C@H](C)[C@@H](O)[C@@H](O)[C@H]1O. The highest BCUT2D eigenvalue weighted by Gasteiger charge is 2.55. The second kappa shape index (κ2) is 19.1. The van der Waals surface area contributed by atoms with E-state index in [2.05, 4.69) is 0 Å². The fourth-order valence-corrected chi connectivity index (χ4v) is 6.39. The van der Waals surface area contributed by atoms with Crippen molar-refractivity contribution in [2.24, 2.45) is 0 Å². The molecule has 316 valence electrons. The van der Waals surface area contributed by atoms with Crippen LogP contribution in [-0.4, -0.2) is 168 Å². The summed E-state index contributed by atoms with van der Waals surface area (Å²) in [6.07, 6.45) is -21.4. The maximum atomic E-state index is 13.5. The van der Waals surface area contributed by atoms with Crippen LogP contribution in [0, 0.1) is 0 Å². The third kappa shape index (κ3) is 10.7. The van der Waals surface area contributed by atoms with E-state index in [9.17, 15) is 60.7 Å². The second-order valence-electron chi connectivity index (χ2n) is 13.8. The first-order chi connectivity index (χ1) is 26.9. The molecule has 57 heavy (non-hydrogen) atoms. The fourth-order valence-electron chi connectivity index (χ4n) is 6.39. The molecule has 0 saturated carbocycles. The van der Waals surface area contributed by atoms with E-state index in [0.29, 0.717) is 5.56 Å². The molecule has 10 N–H and O–H groups in total. The van der Waals surface area contributed by atoms with Crippen LogP contribution in [0.25, 0.3) is 6.08 Å². The Hall–Kier alpha value is -4.16. The number of benzene rings is 2. The topological polar surface area (TPSA) is 310 Å². The van der Waals surface area contributed by atoms with E-state index in [4.69, 9.17) is 37.9 Å². The van der Waals surface area contributed by atoms with Gasteiger partial charge in [-0.05, 0) is 61.7 Å². The van der Waals surface area contributed by atoms with Gasteiger partial charge in [0.1, 0.15) is 48.8 Å². The number of phenolic OH excluding ortho intramolecular Hbond substituents is 4. The van der Waals surface area contributed by atoms with Gasteiger partial charge in [0.15, 0.2) is 41.5 Å². The summed E-state index contributed by atoms with van der Waals surface area (Å²) in [6.45, 7) is 3.10. The molecular weight excluding hydrogens is 764 g/mol. The molecule has 0 aliphatic carbocycles. The standard InChI is InChI=1S/C37H48O20/c1-15-26(44)29(47)28(46)24(52-15)14-51-37-34(55-25(43)9-6-18-4-7-20(39)22(41)12-18)32(56-35-31(49)30(48)27(45)16(2)53-35)33(54-17(3)38)36(57-37)50-11-10-19-5-8-21(40)23(42)13-19/h4-9,12-13,15-16,24,26-37,39-42,44-49H,10-11,14H2,1-3H3/b9-6+/t15-,16-,24+,26-,27-,28+,29+,30-,31-,32+,33-,34+,35+,36+,37+/m1/s1. The molecule has 3 heterocycles. The highest BCUT2D eigenvalue weighted by Crippen LogP contribution is 2.35. The van der Waals surface area contributed by atoms with Crippen LogP contribution in [0.15, 0.2) is 42.5 Å². The summed E-state index contributed by atoms with van der Waals surface area (Å²) >= 11 is 0. The van der Waals surface area contributed by atoms with E-state index >= 15 is 0 Å². The minimum Gasteiger partial charge on any atom is -0.504 e. The van der Waals surface area contributed by atoms with Crippen LogP contribution in [-0.2, 0) is 53.9 Å². The minimum atomic E-state index is -1.91. The zero-order valence-electron chi connectivity index (χ0n) is 31.0. The van der Waals surface area contributed by atoms with Crippen LogP contribution in [0.2, 0.25) is 0 Å². The van der Waals surface area contributed by atoms with Gasteiger partial charge in [0.05, 0.1) is 25.4 Å². The number of hydrogen-bond donors (Lipinski definition) is 10. The number of aliphatic hydroxyl groups is 6. The maximum Gasteiger partial charge on any atom is 0.331 e. The van der Waals surface area contributed by atoms with Crippen molar-refractivity contribution in [2.45, 2.75) is 119 Å². The molecule has 3 fully saturated rings. The van der Waals surface area contributed by atoms with Gasteiger partial charge < -0.3 is 89.0 Å². The Balaban J connectivity index is 1.50. The van der Waals surface area contributed by atoms with Crippen molar-refractivity contribution in [2.75, 3.05) is 13.2 Å². The van der Waals surface area contributed by atoms with Gasteiger partial charge >= 0.3 is 11.9 Å². The van der Waals surface area contributed by atoms with Crippen molar-refractivity contribution < 1.29 is 98.5 Å². The van der Waals surface area contributed by atoms with E-state index in [1.807, 2.05) is 0 Å². The summed E-state index contributed by atoms with van der Waals surface area (Å²) in [5.74, 6) is -3.64. The van der Waals surface area contributed by atoms with Crippen molar-refractivity contribution in [1.29, 1.82) is 0 Å². The van der Waals surface area contributed by atoms with Crippen LogP contribution in [0.3, 0.4) is 0 Å². The fraction of sp³-hybridized carbons (Fsp3) is 0.568. The van der Waals surface area contributed by atoms with Crippen LogP contribution in [0.4, 0.5) is 0 Å². The quantitative estimate of drug-likeness (QED) is 0.0619. The molecule has 20 nitrogen and oxygen atoms in total. The Bertz CT molecular complexity index is 1710. The number of aliphatic hydroxyl groups excluding tert-OH is 6. The molecule has 20 heteroatoms. The molecule has 2 aromatic carbocycles. The zero-order chi connectivity index (χ0) is 41.7. The molecule has 3 aliphatic heterocycles. The molecule has 0 spiro atoms. The van der Waals surface area contributed by atoms with E-state index < -0.39 is 128 Å². The van der Waals surface area contributed by atoms with Crippen molar-refractivity contribution in [1.82, 2.24) is 0 Å². The normalized spacial score (nSPS) is 35.8. The summed E-state index contributed by atoms with van der Waals surface area (Å²) in [7, 11) is 0. The first-order valence-electron chi connectivity index (χ1n) is 18.0. The maximum absolute atomic E-state index is 13.5. The van der Waals surface area contributed by atoms with Gasteiger partial charge in [-0.1, -0.05) is 12.1 Å². The summed E-state index contributed by atoms with van der Waals surface area (Å²) in [4.78, 5) is 26.0. The Morgan fingerprint density at radius 3 is 1.89 bits per heavy atom. The number of carbonyl (C=O) groups is 2. The molecule has 3 saturated heterocycles.